The van der Waals surface area contributed by atoms with Crippen LogP contribution in [0.4, 0.5) is 0 Å². The maximum absolute atomic E-state index is 12.3. The van der Waals surface area contributed by atoms with Crippen LogP contribution in [0, 0.1) is 5.92 Å². The van der Waals surface area contributed by atoms with Crippen LogP contribution >= 0.6 is 0 Å². The lowest BCUT2D eigenvalue weighted by atomic mass is 9.97. The third kappa shape index (κ3) is 7.41. The van der Waals surface area contributed by atoms with E-state index >= 15 is 0 Å². The van der Waals surface area contributed by atoms with Crippen LogP contribution in [0.2, 0.25) is 0 Å². The SMILES string of the molecule is CC(C)CC(NC(=O)COC(=O)[C@H](C)NC(=O)c1ccccc1)c1ccccc1. The van der Waals surface area contributed by atoms with Gasteiger partial charge in [0.15, 0.2) is 6.61 Å². The van der Waals surface area contributed by atoms with Gasteiger partial charge in [-0.05, 0) is 37.0 Å². The van der Waals surface area contributed by atoms with Crippen molar-refractivity contribution in [2.75, 3.05) is 6.61 Å². The van der Waals surface area contributed by atoms with Crippen LogP contribution in [-0.4, -0.2) is 30.4 Å². The molecule has 0 saturated carbocycles. The Hall–Kier alpha value is -3.15. The molecule has 2 N–H and O–H groups in total. The number of carbonyl (C=O) groups excluding carboxylic acids is 3. The standard InChI is InChI=1S/C23H28N2O4/c1-16(2)14-20(18-10-6-4-7-11-18)25-21(26)15-29-23(28)17(3)24-22(27)19-12-8-5-9-13-19/h4-13,16-17,20H,14-15H2,1-3H3,(H,24,27)(H,25,26)/t17-,20?/m0/s1. The first kappa shape index (κ1) is 22.1. The zero-order chi connectivity index (χ0) is 21.2. The summed E-state index contributed by atoms with van der Waals surface area (Å²) >= 11 is 0. The number of nitrogens with one attached hydrogen (secondary N) is 2. The van der Waals surface area contributed by atoms with Crippen molar-refractivity contribution in [1.29, 1.82) is 0 Å². The maximum atomic E-state index is 12.3. The van der Waals surface area contributed by atoms with Gasteiger partial charge in [-0.15, -0.1) is 0 Å². The van der Waals surface area contributed by atoms with Gasteiger partial charge in [0.05, 0.1) is 6.04 Å². The molecule has 0 saturated heterocycles. The first-order valence-corrected chi connectivity index (χ1v) is 9.73. The van der Waals surface area contributed by atoms with Gasteiger partial charge in [-0.3, -0.25) is 9.59 Å². The molecule has 0 fully saturated rings. The Labute approximate surface area is 171 Å². The molecular formula is C23H28N2O4. The van der Waals surface area contributed by atoms with Crippen LogP contribution in [-0.2, 0) is 14.3 Å². The van der Waals surface area contributed by atoms with E-state index in [2.05, 4.69) is 24.5 Å². The van der Waals surface area contributed by atoms with Crippen molar-refractivity contribution >= 4 is 17.8 Å². The van der Waals surface area contributed by atoms with Gasteiger partial charge in [0, 0.05) is 5.56 Å². The fourth-order valence-electron chi connectivity index (χ4n) is 2.86. The van der Waals surface area contributed by atoms with Crippen LogP contribution in [0.3, 0.4) is 0 Å². The summed E-state index contributed by atoms with van der Waals surface area (Å²) < 4.78 is 5.08. The highest BCUT2D eigenvalue weighted by molar-refractivity contribution is 5.96. The number of rotatable bonds is 9. The second-order valence-corrected chi connectivity index (χ2v) is 7.33. The summed E-state index contributed by atoms with van der Waals surface area (Å²) in [6, 6.07) is 17.2. The molecule has 6 heteroatoms. The zero-order valence-corrected chi connectivity index (χ0v) is 17.1. The lowest BCUT2D eigenvalue weighted by Crippen LogP contribution is -2.41. The van der Waals surface area contributed by atoms with Crippen molar-refractivity contribution in [3.63, 3.8) is 0 Å². The molecule has 29 heavy (non-hydrogen) atoms. The maximum Gasteiger partial charge on any atom is 0.328 e. The minimum atomic E-state index is -0.865. The predicted molar refractivity (Wildman–Crippen MR) is 111 cm³/mol. The Morgan fingerprint density at radius 2 is 1.45 bits per heavy atom. The molecule has 2 amide bonds. The largest absolute Gasteiger partial charge is 0.454 e. The van der Waals surface area contributed by atoms with Crippen LogP contribution < -0.4 is 10.6 Å². The molecule has 0 spiro atoms. The molecular weight excluding hydrogens is 368 g/mol. The minimum absolute atomic E-state index is 0.155. The first-order chi connectivity index (χ1) is 13.9. The van der Waals surface area contributed by atoms with Gasteiger partial charge >= 0.3 is 5.97 Å². The van der Waals surface area contributed by atoms with Crippen LogP contribution in [0.25, 0.3) is 0 Å². The van der Waals surface area contributed by atoms with Crippen molar-refractivity contribution in [2.45, 2.75) is 39.3 Å². The molecule has 0 aliphatic heterocycles. The second-order valence-electron chi connectivity index (χ2n) is 7.33. The van der Waals surface area contributed by atoms with E-state index in [1.807, 2.05) is 30.3 Å². The molecule has 0 aromatic heterocycles. The molecule has 2 aromatic carbocycles. The lowest BCUT2D eigenvalue weighted by molar-refractivity contribution is -0.150. The lowest BCUT2D eigenvalue weighted by Gasteiger charge is -2.21. The Morgan fingerprint density at radius 1 is 0.862 bits per heavy atom. The van der Waals surface area contributed by atoms with Gasteiger partial charge < -0.3 is 15.4 Å². The van der Waals surface area contributed by atoms with E-state index in [0.717, 1.165) is 12.0 Å². The molecule has 0 heterocycles. The van der Waals surface area contributed by atoms with E-state index in [0.29, 0.717) is 11.5 Å². The van der Waals surface area contributed by atoms with E-state index in [4.69, 9.17) is 4.74 Å². The Bertz CT molecular complexity index is 806. The van der Waals surface area contributed by atoms with Gasteiger partial charge in [-0.1, -0.05) is 62.4 Å². The van der Waals surface area contributed by atoms with Crippen molar-refractivity contribution in [2.24, 2.45) is 5.92 Å². The Balaban J connectivity index is 1.85. The summed E-state index contributed by atoms with van der Waals surface area (Å²) in [6.07, 6.45) is 0.771. The number of carbonyl (C=O) groups is 3. The number of ether oxygens (including phenoxy) is 1. The summed E-state index contributed by atoms with van der Waals surface area (Å²) in [5, 5.41) is 5.49. The molecule has 0 radical (unpaired) electrons. The summed E-state index contributed by atoms with van der Waals surface area (Å²) in [5.41, 5.74) is 1.45. The number of amides is 2. The molecule has 1 unspecified atom stereocenters. The minimum Gasteiger partial charge on any atom is -0.454 e. The molecule has 2 rings (SSSR count). The quantitative estimate of drug-likeness (QED) is 0.637. The second kappa shape index (κ2) is 11.0. The topological polar surface area (TPSA) is 84.5 Å². The van der Waals surface area contributed by atoms with E-state index in [-0.39, 0.29) is 17.9 Å². The smallest absolute Gasteiger partial charge is 0.328 e. The summed E-state index contributed by atoms with van der Waals surface area (Å²) in [4.78, 5) is 36.5. The van der Waals surface area contributed by atoms with Crippen LogP contribution in [0.1, 0.15) is 49.2 Å². The fourth-order valence-corrected chi connectivity index (χ4v) is 2.86. The molecule has 6 nitrogen and oxygen atoms in total. The van der Waals surface area contributed by atoms with E-state index in [9.17, 15) is 14.4 Å². The third-order valence-corrected chi connectivity index (χ3v) is 4.33. The molecule has 0 aliphatic carbocycles. The van der Waals surface area contributed by atoms with Crippen LogP contribution in [0.15, 0.2) is 60.7 Å². The number of benzene rings is 2. The van der Waals surface area contributed by atoms with Gasteiger partial charge in [-0.25, -0.2) is 4.79 Å². The van der Waals surface area contributed by atoms with Gasteiger partial charge in [0.1, 0.15) is 6.04 Å². The van der Waals surface area contributed by atoms with Gasteiger partial charge in [0.25, 0.3) is 11.8 Å². The zero-order valence-electron chi connectivity index (χ0n) is 17.1. The highest BCUT2D eigenvalue weighted by atomic mass is 16.5. The average Bonchev–Trinajstić information content (AvgIpc) is 2.72. The molecule has 2 aromatic rings. The van der Waals surface area contributed by atoms with Crippen molar-refractivity contribution < 1.29 is 19.1 Å². The summed E-state index contributed by atoms with van der Waals surface area (Å²) in [5.74, 6) is -1.03. The van der Waals surface area contributed by atoms with Crippen LogP contribution in [0.5, 0.6) is 0 Å². The summed E-state index contributed by atoms with van der Waals surface area (Å²) in [7, 11) is 0. The van der Waals surface area contributed by atoms with Gasteiger partial charge in [0.2, 0.25) is 0 Å². The molecule has 154 valence electrons. The Kier molecular flexibility index (Phi) is 8.40. The van der Waals surface area contributed by atoms with E-state index in [1.165, 1.54) is 6.92 Å². The van der Waals surface area contributed by atoms with Gasteiger partial charge in [-0.2, -0.15) is 0 Å². The van der Waals surface area contributed by atoms with E-state index < -0.39 is 18.6 Å². The first-order valence-electron chi connectivity index (χ1n) is 9.73. The highest BCUT2D eigenvalue weighted by Gasteiger charge is 2.21. The monoisotopic (exact) mass is 396 g/mol. The molecule has 0 aliphatic rings. The normalized spacial score (nSPS) is 12.7. The number of hydrogen-bond donors (Lipinski definition) is 2. The highest BCUT2D eigenvalue weighted by Crippen LogP contribution is 2.20. The van der Waals surface area contributed by atoms with Crippen molar-refractivity contribution in [1.82, 2.24) is 10.6 Å². The third-order valence-electron chi connectivity index (χ3n) is 4.33. The number of hydrogen-bond acceptors (Lipinski definition) is 4. The van der Waals surface area contributed by atoms with Crippen molar-refractivity contribution in [3.05, 3.63) is 71.8 Å². The predicted octanol–water partition coefficient (Wildman–Crippen LogP) is 3.25. The van der Waals surface area contributed by atoms with E-state index in [1.54, 1.807) is 30.3 Å². The average molecular weight is 396 g/mol. The number of esters is 1. The Morgan fingerprint density at radius 3 is 2.03 bits per heavy atom. The molecule has 2 atom stereocenters. The summed E-state index contributed by atoms with van der Waals surface area (Å²) in [6.45, 7) is 5.29. The van der Waals surface area contributed by atoms with Crippen molar-refractivity contribution in [3.8, 4) is 0 Å². The molecule has 0 bridgehead atoms. The fraction of sp³-hybridized carbons (Fsp3) is 0.348.